The van der Waals surface area contributed by atoms with Crippen molar-refractivity contribution in [2.75, 3.05) is 0 Å². The number of furan rings is 1. The standard InChI is InChI=1S/C48H30N2O/c1-2-12-31(13-3-1)32-14-10-15-33(28-32)34-16-11-17-35(29-34)49-43-22-8-5-20-41(43)47-44(49)27-26-40-37-18-4-7-21-42(37)50(48(40)47)36-24-25-39-38-19-6-9-23-45(38)51-46(39)30-36/h1-30H. The van der Waals surface area contributed by atoms with Crippen molar-refractivity contribution >= 4 is 65.6 Å². The predicted octanol–water partition coefficient (Wildman–Crippen LogP) is 13.1. The van der Waals surface area contributed by atoms with Crippen LogP contribution in [0.4, 0.5) is 0 Å². The number of hydrogen-bond acceptors (Lipinski definition) is 1. The van der Waals surface area contributed by atoms with Crippen LogP contribution in [0.2, 0.25) is 0 Å². The Hall–Kier alpha value is -6.84. The predicted molar refractivity (Wildman–Crippen MR) is 213 cm³/mol. The van der Waals surface area contributed by atoms with Gasteiger partial charge >= 0.3 is 0 Å². The lowest BCUT2D eigenvalue weighted by atomic mass is 9.99. The Kier molecular flexibility index (Phi) is 5.96. The second kappa shape index (κ2) is 10.8. The van der Waals surface area contributed by atoms with Crippen molar-refractivity contribution in [3.63, 3.8) is 0 Å². The molecule has 238 valence electrons. The molecule has 0 atom stereocenters. The molecule has 0 fully saturated rings. The molecule has 3 heterocycles. The minimum Gasteiger partial charge on any atom is -0.456 e. The van der Waals surface area contributed by atoms with Gasteiger partial charge < -0.3 is 13.6 Å². The SMILES string of the molecule is c1ccc(-c2cccc(-c3cccc(-n4c5ccccc5c5c4ccc4c6ccccc6n(-c6ccc7c(c6)oc6ccccc67)c45)c3)c2)cc1. The lowest BCUT2D eigenvalue weighted by Crippen LogP contribution is -1.96. The van der Waals surface area contributed by atoms with Gasteiger partial charge in [0.15, 0.2) is 0 Å². The highest BCUT2D eigenvalue weighted by atomic mass is 16.3. The monoisotopic (exact) mass is 650 g/mol. The normalized spacial score (nSPS) is 11.9. The van der Waals surface area contributed by atoms with Gasteiger partial charge in [0.1, 0.15) is 11.2 Å². The maximum atomic E-state index is 6.40. The minimum atomic E-state index is 0.891. The first-order valence-corrected chi connectivity index (χ1v) is 17.4. The van der Waals surface area contributed by atoms with Crippen molar-refractivity contribution in [3.8, 4) is 33.6 Å². The van der Waals surface area contributed by atoms with Gasteiger partial charge in [-0.3, -0.25) is 0 Å². The summed E-state index contributed by atoms with van der Waals surface area (Å²) in [6.07, 6.45) is 0. The second-order valence-electron chi connectivity index (χ2n) is 13.3. The lowest BCUT2D eigenvalue weighted by molar-refractivity contribution is 0.668. The highest BCUT2D eigenvalue weighted by Gasteiger charge is 2.21. The maximum absolute atomic E-state index is 6.40. The summed E-state index contributed by atoms with van der Waals surface area (Å²) in [5.74, 6) is 0. The van der Waals surface area contributed by atoms with Crippen LogP contribution < -0.4 is 0 Å². The van der Waals surface area contributed by atoms with Crippen LogP contribution in [0.1, 0.15) is 0 Å². The number of para-hydroxylation sites is 3. The van der Waals surface area contributed by atoms with Gasteiger partial charge in [0.05, 0.1) is 22.1 Å². The van der Waals surface area contributed by atoms with Crippen molar-refractivity contribution in [2.24, 2.45) is 0 Å². The summed E-state index contributed by atoms with van der Waals surface area (Å²) in [5.41, 5.74) is 13.6. The van der Waals surface area contributed by atoms with Gasteiger partial charge in [0.25, 0.3) is 0 Å². The molecule has 0 aliphatic carbocycles. The van der Waals surface area contributed by atoms with Crippen LogP contribution in [0.3, 0.4) is 0 Å². The number of rotatable bonds is 4. The van der Waals surface area contributed by atoms with Gasteiger partial charge in [-0.15, -0.1) is 0 Å². The molecule has 0 aliphatic rings. The van der Waals surface area contributed by atoms with E-state index in [0.717, 1.165) is 33.3 Å². The average molecular weight is 651 g/mol. The van der Waals surface area contributed by atoms with Gasteiger partial charge in [0.2, 0.25) is 0 Å². The first kappa shape index (κ1) is 28.0. The van der Waals surface area contributed by atoms with Crippen molar-refractivity contribution in [1.29, 1.82) is 0 Å². The van der Waals surface area contributed by atoms with Crippen LogP contribution in [-0.4, -0.2) is 9.13 Å². The molecule has 11 rings (SSSR count). The Morgan fingerprint density at radius 1 is 0.314 bits per heavy atom. The van der Waals surface area contributed by atoms with E-state index in [0.29, 0.717) is 0 Å². The van der Waals surface area contributed by atoms with E-state index in [2.05, 4.69) is 179 Å². The molecular weight excluding hydrogens is 621 g/mol. The molecule has 3 heteroatoms. The van der Waals surface area contributed by atoms with Crippen molar-refractivity contribution in [2.45, 2.75) is 0 Å². The molecule has 8 aromatic carbocycles. The molecular formula is C48H30N2O. The summed E-state index contributed by atoms with van der Waals surface area (Å²) in [5, 5.41) is 7.20. The summed E-state index contributed by atoms with van der Waals surface area (Å²) in [6.45, 7) is 0. The van der Waals surface area contributed by atoms with Gasteiger partial charge in [-0.2, -0.15) is 0 Å². The number of hydrogen-bond donors (Lipinski definition) is 0. The van der Waals surface area contributed by atoms with E-state index in [1.54, 1.807) is 0 Å². The number of fused-ring (bicyclic) bond motifs is 10. The van der Waals surface area contributed by atoms with Crippen LogP contribution in [-0.2, 0) is 0 Å². The molecule has 0 spiro atoms. The van der Waals surface area contributed by atoms with Crippen LogP contribution in [0, 0.1) is 0 Å². The fraction of sp³-hybridized carbons (Fsp3) is 0. The fourth-order valence-electron chi connectivity index (χ4n) is 8.24. The summed E-state index contributed by atoms with van der Waals surface area (Å²) >= 11 is 0. The third kappa shape index (κ3) is 4.19. The highest BCUT2D eigenvalue weighted by Crippen LogP contribution is 2.43. The van der Waals surface area contributed by atoms with E-state index in [1.165, 1.54) is 65.9 Å². The molecule has 3 nitrogen and oxygen atoms in total. The molecule has 0 radical (unpaired) electrons. The first-order chi connectivity index (χ1) is 25.3. The number of benzene rings is 8. The van der Waals surface area contributed by atoms with Gasteiger partial charge in [-0.1, -0.05) is 121 Å². The van der Waals surface area contributed by atoms with Crippen molar-refractivity contribution in [1.82, 2.24) is 9.13 Å². The van der Waals surface area contributed by atoms with E-state index in [4.69, 9.17) is 4.42 Å². The Morgan fingerprint density at radius 3 is 1.75 bits per heavy atom. The zero-order valence-electron chi connectivity index (χ0n) is 27.6. The van der Waals surface area contributed by atoms with Crippen LogP contribution >= 0.6 is 0 Å². The zero-order chi connectivity index (χ0) is 33.5. The topological polar surface area (TPSA) is 23.0 Å². The largest absolute Gasteiger partial charge is 0.456 e. The third-order valence-electron chi connectivity index (χ3n) is 10.5. The summed E-state index contributed by atoms with van der Waals surface area (Å²) in [4.78, 5) is 0. The Balaban J connectivity index is 1.17. The maximum Gasteiger partial charge on any atom is 0.137 e. The van der Waals surface area contributed by atoms with E-state index in [-0.39, 0.29) is 0 Å². The average Bonchev–Trinajstić information content (AvgIpc) is 3.85. The fourth-order valence-corrected chi connectivity index (χ4v) is 8.24. The molecule has 0 saturated heterocycles. The first-order valence-electron chi connectivity index (χ1n) is 17.4. The van der Waals surface area contributed by atoms with E-state index in [9.17, 15) is 0 Å². The van der Waals surface area contributed by atoms with Gasteiger partial charge in [-0.05, 0) is 76.9 Å². The molecule has 0 aliphatic heterocycles. The molecule has 0 unspecified atom stereocenters. The molecule has 51 heavy (non-hydrogen) atoms. The van der Waals surface area contributed by atoms with Gasteiger partial charge in [-0.25, -0.2) is 0 Å². The molecule has 0 amide bonds. The zero-order valence-corrected chi connectivity index (χ0v) is 27.6. The highest BCUT2D eigenvalue weighted by molar-refractivity contribution is 6.26. The van der Waals surface area contributed by atoms with Gasteiger partial charge in [0, 0.05) is 49.8 Å². The van der Waals surface area contributed by atoms with Crippen LogP contribution in [0.15, 0.2) is 186 Å². The van der Waals surface area contributed by atoms with E-state index >= 15 is 0 Å². The summed E-state index contributed by atoms with van der Waals surface area (Å²) in [6, 6.07) is 65.5. The minimum absolute atomic E-state index is 0.891. The quantitative estimate of drug-likeness (QED) is 0.186. The summed E-state index contributed by atoms with van der Waals surface area (Å²) in [7, 11) is 0. The van der Waals surface area contributed by atoms with E-state index < -0.39 is 0 Å². The Labute approximate surface area is 293 Å². The number of aromatic nitrogens is 2. The Bertz CT molecular complexity index is 3140. The van der Waals surface area contributed by atoms with E-state index in [1.807, 2.05) is 12.1 Å². The molecule has 3 aromatic heterocycles. The smallest absolute Gasteiger partial charge is 0.137 e. The molecule has 0 N–H and O–H groups in total. The second-order valence-corrected chi connectivity index (χ2v) is 13.3. The third-order valence-corrected chi connectivity index (χ3v) is 10.5. The van der Waals surface area contributed by atoms with Crippen molar-refractivity contribution in [3.05, 3.63) is 182 Å². The van der Waals surface area contributed by atoms with Crippen LogP contribution in [0.25, 0.3) is 99.2 Å². The van der Waals surface area contributed by atoms with Crippen LogP contribution in [0.5, 0.6) is 0 Å². The molecule has 11 aromatic rings. The summed E-state index contributed by atoms with van der Waals surface area (Å²) < 4.78 is 11.3. The van der Waals surface area contributed by atoms with Crippen molar-refractivity contribution < 1.29 is 4.42 Å². The number of nitrogens with zero attached hydrogens (tertiary/aromatic N) is 2. The molecule has 0 saturated carbocycles. The molecule has 0 bridgehead atoms. The Morgan fingerprint density at radius 2 is 0.902 bits per heavy atom. The lowest BCUT2D eigenvalue weighted by Gasteiger charge is -2.12.